The third-order valence-electron chi connectivity index (χ3n) is 2.39. The van der Waals surface area contributed by atoms with Crippen molar-refractivity contribution in [3.8, 4) is 0 Å². The zero-order valence-corrected chi connectivity index (χ0v) is 13.5. The number of rotatable bonds is 5. The van der Waals surface area contributed by atoms with Gasteiger partial charge in [0.1, 0.15) is 0 Å². The number of hydrogen-bond donors (Lipinski definition) is 0. The fourth-order valence-corrected chi connectivity index (χ4v) is 4.72. The summed E-state index contributed by atoms with van der Waals surface area (Å²) in [5, 5.41) is 12.0. The Balaban J connectivity index is 2.08. The minimum atomic E-state index is -3.49. The van der Waals surface area contributed by atoms with E-state index in [-0.39, 0.29) is 15.7 Å². The van der Waals surface area contributed by atoms with E-state index in [0.717, 1.165) is 0 Å². The molecule has 10 heteroatoms. The zero-order chi connectivity index (χ0) is 14.8. The number of nitrogens with zero attached hydrogens (tertiary/aromatic N) is 4. The molecule has 6 nitrogen and oxygen atoms in total. The fraction of sp³-hybridized carbons (Fsp3) is 0.300. The molecule has 2 rings (SSSR count). The van der Waals surface area contributed by atoms with Gasteiger partial charge < -0.3 is 0 Å². The highest BCUT2D eigenvalue weighted by atomic mass is 35.5. The van der Waals surface area contributed by atoms with Crippen LogP contribution in [0.15, 0.2) is 28.3 Å². The van der Waals surface area contributed by atoms with E-state index < -0.39 is 9.84 Å². The maximum atomic E-state index is 12.2. The number of halogens is 2. The van der Waals surface area contributed by atoms with Crippen LogP contribution in [0.4, 0.5) is 0 Å². The Labute approximate surface area is 130 Å². The minimum absolute atomic E-state index is 0.0448. The first kappa shape index (κ1) is 15.6. The number of hydrogen-bond acceptors (Lipinski definition) is 6. The monoisotopic (exact) mass is 352 g/mol. The van der Waals surface area contributed by atoms with Crippen molar-refractivity contribution in [3.05, 3.63) is 28.2 Å². The normalized spacial score (nSPS) is 11.8. The molecule has 0 aliphatic carbocycles. The molecule has 0 bridgehead atoms. The average molecular weight is 353 g/mol. The van der Waals surface area contributed by atoms with Crippen LogP contribution < -0.4 is 0 Å². The minimum Gasteiger partial charge on any atom is -0.224 e. The van der Waals surface area contributed by atoms with Crippen LogP contribution in [0, 0.1) is 0 Å². The molecule has 0 saturated carbocycles. The van der Waals surface area contributed by atoms with Gasteiger partial charge >= 0.3 is 0 Å². The van der Waals surface area contributed by atoms with Gasteiger partial charge in [-0.1, -0.05) is 35.0 Å². The molecular formula is C10H10Cl2N4O2S2. The van der Waals surface area contributed by atoms with E-state index in [2.05, 4.69) is 15.5 Å². The van der Waals surface area contributed by atoms with Crippen LogP contribution in [0.1, 0.15) is 0 Å². The first-order valence-electron chi connectivity index (χ1n) is 5.43. The Hall–Kier alpha value is -0.830. The van der Waals surface area contributed by atoms with Crippen molar-refractivity contribution in [1.29, 1.82) is 0 Å². The molecule has 0 N–H and O–H groups in total. The van der Waals surface area contributed by atoms with Gasteiger partial charge in [-0.3, -0.25) is 0 Å². The van der Waals surface area contributed by atoms with Crippen molar-refractivity contribution in [3.63, 3.8) is 0 Å². The Morgan fingerprint density at radius 2 is 2.10 bits per heavy atom. The second kappa shape index (κ2) is 6.30. The van der Waals surface area contributed by atoms with Gasteiger partial charge in [-0.05, 0) is 28.6 Å². The van der Waals surface area contributed by atoms with Gasteiger partial charge in [0.15, 0.2) is 9.84 Å². The summed E-state index contributed by atoms with van der Waals surface area (Å²) in [5.41, 5.74) is 0. The quantitative estimate of drug-likeness (QED) is 0.766. The summed E-state index contributed by atoms with van der Waals surface area (Å²) in [4.78, 5) is 0.0448. The third-order valence-corrected chi connectivity index (χ3v) is 6.09. The van der Waals surface area contributed by atoms with E-state index in [1.165, 1.54) is 28.6 Å². The molecule has 0 spiro atoms. The molecule has 0 aliphatic heterocycles. The van der Waals surface area contributed by atoms with Crippen LogP contribution in [-0.2, 0) is 16.9 Å². The van der Waals surface area contributed by atoms with Gasteiger partial charge in [-0.25, -0.2) is 13.1 Å². The summed E-state index contributed by atoms with van der Waals surface area (Å²) in [6.45, 7) is 0. The van der Waals surface area contributed by atoms with Crippen molar-refractivity contribution < 1.29 is 8.42 Å². The zero-order valence-electron chi connectivity index (χ0n) is 10.3. The van der Waals surface area contributed by atoms with Crippen LogP contribution in [0.5, 0.6) is 0 Å². The van der Waals surface area contributed by atoms with Crippen LogP contribution in [0.25, 0.3) is 0 Å². The first-order chi connectivity index (χ1) is 9.40. The summed E-state index contributed by atoms with van der Waals surface area (Å²) in [7, 11) is -1.81. The Morgan fingerprint density at radius 3 is 2.75 bits per heavy atom. The van der Waals surface area contributed by atoms with Crippen molar-refractivity contribution in [2.24, 2.45) is 7.05 Å². The van der Waals surface area contributed by atoms with Crippen molar-refractivity contribution in [1.82, 2.24) is 20.2 Å². The molecule has 108 valence electrons. The molecule has 2 aromatic rings. The molecule has 0 fully saturated rings. The van der Waals surface area contributed by atoms with Crippen molar-refractivity contribution >= 4 is 44.8 Å². The summed E-state index contributed by atoms with van der Waals surface area (Å²) in [5.74, 6) is 0.240. The molecule has 20 heavy (non-hydrogen) atoms. The highest BCUT2D eigenvalue weighted by Crippen LogP contribution is 2.26. The van der Waals surface area contributed by atoms with Crippen molar-refractivity contribution in [2.45, 2.75) is 10.1 Å². The average Bonchev–Trinajstić information content (AvgIpc) is 2.78. The molecule has 1 heterocycles. The maximum Gasteiger partial charge on any atom is 0.209 e. The molecule has 0 amide bonds. The topological polar surface area (TPSA) is 77.7 Å². The third kappa shape index (κ3) is 3.63. The molecular weight excluding hydrogens is 343 g/mol. The van der Waals surface area contributed by atoms with E-state index >= 15 is 0 Å². The molecule has 0 aliphatic rings. The predicted molar refractivity (Wildman–Crippen MR) is 78.0 cm³/mol. The van der Waals surface area contributed by atoms with Crippen LogP contribution in [-0.4, -0.2) is 40.1 Å². The lowest BCUT2D eigenvalue weighted by atomic mass is 10.4. The summed E-state index contributed by atoms with van der Waals surface area (Å²) >= 11 is 13.0. The number of thioether (sulfide) groups is 1. The van der Waals surface area contributed by atoms with E-state index in [1.807, 2.05) is 0 Å². The highest BCUT2D eigenvalue weighted by molar-refractivity contribution is 8.00. The molecule has 0 saturated heterocycles. The van der Waals surface area contributed by atoms with Crippen LogP contribution in [0.2, 0.25) is 10.0 Å². The van der Waals surface area contributed by atoms with E-state index in [4.69, 9.17) is 23.2 Å². The van der Waals surface area contributed by atoms with Gasteiger partial charge in [0, 0.05) is 17.8 Å². The van der Waals surface area contributed by atoms with Crippen LogP contribution >= 0.6 is 35.0 Å². The second-order valence-electron chi connectivity index (χ2n) is 3.83. The molecule has 0 atom stereocenters. The Morgan fingerprint density at radius 1 is 1.35 bits per heavy atom. The molecule has 0 unspecified atom stereocenters. The first-order valence-corrected chi connectivity index (χ1v) is 8.82. The molecule has 0 radical (unpaired) electrons. The number of aryl methyl sites for hydroxylation is 1. The highest BCUT2D eigenvalue weighted by Gasteiger charge is 2.19. The summed E-state index contributed by atoms with van der Waals surface area (Å²) in [6, 6.07) is 4.37. The summed E-state index contributed by atoms with van der Waals surface area (Å²) < 4.78 is 25.9. The number of sulfone groups is 1. The van der Waals surface area contributed by atoms with Gasteiger partial charge in [-0.2, -0.15) is 0 Å². The SMILES string of the molecule is Cn1nnnc1SCCS(=O)(=O)c1cc(Cl)ccc1Cl. The number of benzene rings is 1. The Bertz CT molecular complexity index is 718. The van der Waals surface area contributed by atoms with E-state index in [0.29, 0.717) is 15.9 Å². The van der Waals surface area contributed by atoms with Gasteiger partial charge in [0.25, 0.3) is 0 Å². The van der Waals surface area contributed by atoms with Gasteiger partial charge in [0.05, 0.1) is 15.7 Å². The fourth-order valence-electron chi connectivity index (χ4n) is 1.41. The van der Waals surface area contributed by atoms with E-state index in [1.54, 1.807) is 13.1 Å². The van der Waals surface area contributed by atoms with Crippen molar-refractivity contribution in [2.75, 3.05) is 11.5 Å². The number of aromatic nitrogens is 4. The molecule has 1 aromatic carbocycles. The van der Waals surface area contributed by atoms with Crippen LogP contribution in [0.3, 0.4) is 0 Å². The molecule has 1 aromatic heterocycles. The van der Waals surface area contributed by atoms with E-state index in [9.17, 15) is 8.42 Å². The summed E-state index contributed by atoms with van der Waals surface area (Å²) in [6.07, 6.45) is 0. The lowest BCUT2D eigenvalue weighted by molar-refractivity contribution is 0.597. The Kier molecular flexibility index (Phi) is 4.90. The number of tetrazole rings is 1. The second-order valence-corrected chi connectivity index (χ2v) is 7.81. The lowest BCUT2D eigenvalue weighted by Crippen LogP contribution is -2.10. The maximum absolute atomic E-state index is 12.2. The van der Waals surface area contributed by atoms with Gasteiger partial charge in [-0.15, -0.1) is 5.10 Å². The van der Waals surface area contributed by atoms with Gasteiger partial charge in [0.2, 0.25) is 5.16 Å². The predicted octanol–water partition coefficient (Wildman–Crippen LogP) is 2.08. The lowest BCUT2D eigenvalue weighted by Gasteiger charge is -2.06. The smallest absolute Gasteiger partial charge is 0.209 e. The standard InChI is InChI=1S/C10H10Cl2N4O2S2/c1-16-10(13-14-15-16)19-4-5-20(17,18)9-6-7(11)2-3-8(9)12/h2-3,6H,4-5H2,1H3. The largest absolute Gasteiger partial charge is 0.224 e.